The van der Waals surface area contributed by atoms with E-state index in [1.807, 2.05) is 19.2 Å². The van der Waals surface area contributed by atoms with E-state index < -0.39 is 23.8 Å². The van der Waals surface area contributed by atoms with Gasteiger partial charge in [-0.15, -0.1) is 11.3 Å². The van der Waals surface area contributed by atoms with Crippen molar-refractivity contribution in [1.29, 1.82) is 0 Å². The molecule has 0 aliphatic rings. The summed E-state index contributed by atoms with van der Waals surface area (Å²) in [5.41, 5.74) is 1.49. The van der Waals surface area contributed by atoms with Crippen molar-refractivity contribution in [2.45, 2.75) is 43.9 Å². The quantitative estimate of drug-likeness (QED) is 0.514. The van der Waals surface area contributed by atoms with E-state index >= 15 is 0 Å². The fraction of sp³-hybridized carbons (Fsp3) is 0.389. The predicted molar refractivity (Wildman–Crippen MR) is 109 cm³/mol. The van der Waals surface area contributed by atoms with E-state index in [2.05, 4.69) is 24.7 Å². The Balaban J connectivity index is 1.89. The van der Waals surface area contributed by atoms with E-state index in [-0.39, 0.29) is 23.3 Å². The molecule has 0 saturated heterocycles. The zero-order chi connectivity index (χ0) is 21.0. The van der Waals surface area contributed by atoms with Gasteiger partial charge < -0.3 is 9.72 Å². The molecule has 11 heteroatoms. The number of nitrogens with one attached hydrogen (secondary N) is 2. The number of aromatic nitrogens is 4. The topological polar surface area (TPSA) is 92.8 Å². The van der Waals surface area contributed by atoms with E-state index in [0.29, 0.717) is 17.0 Å². The van der Waals surface area contributed by atoms with Crippen LogP contribution in [-0.2, 0) is 17.4 Å². The molecule has 0 saturated carbocycles. The first-order chi connectivity index (χ1) is 13.9. The van der Waals surface area contributed by atoms with Gasteiger partial charge in [-0.1, -0.05) is 13.8 Å². The van der Waals surface area contributed by atoms with Gasteiger partial charge in [-0.2, -0.15) is 4.98 Å². The van der Waals surface area contributed by atoms with E-state index in [0.717, 1.165) is 10.7 Å². The van der Waals surface area contributed by atoms with Crippen LogP contribution >= 0.6 is 11.3 Å². The third kappa shape index (κ3) is 4.96. The molecule has 0 spiro atoms. The number of hydrogen-bond donors (Lipinski definition) is 2. The van der Waals surface area contributed by atoms with Crippen LogP contribution in [0, 0.1) is 0 Å². The van der Waals surface area contributed by atoms with Gasteiger partial charge in [-0.05, 0) is 18.4 Å². The molecule has 2 atom stereocenters. The molecule has 7 nitrogen and oxygen atoms in total. The first-order valence-electron chi connectivity index (χ1n) is 8.92. The van der Waals surface area contributed by atoms with Crippen molar-refractivity contribution in [1.82, 2.24) is 19.9 Å². The highest BCUT2D eigenvalue weighted by atomic mass is 32.2. The second-order valence-electron chi connectivity index (χ2n) is 6.28. The maximum absolute atomic E-state index is 13.1. The van der Waals surface area contributed by atoms with Crippen molar-refractivity contribution in [2.24, 2.45) is 0 Å². The van der Waals surface area contributed by atoms with Crippen LogP contribution in [0.5, 0.6) is 5.88 Å². The van der Waals surface area contributed by atoms with Crippen LogP contribution in [0.1, 0.15) is 37.4 Å². The molecule has 0 aliphatic heterocycles. The van der Waals surface area contributed by atoms with Gasteiger partial charge in [-0.3, -0.25) is 4.72 Å². The number of halogens is 2. The van der Waals surface area contributed by atoms with Gasteiger partial charge in [-0.25, -0.2) is 23.0 Å². The molecular weight excluding hydrogens is 420 g/mol. The molecule has 0 radical (unpaired) electrons. The summed E-state index contributed by atoms with van der Waals surface area (Å²) in [6.45, 7) is 3.83. The van der Waals surface area contributed by atoms with E-state index in [1.165, 1.54) is 18.4 Å². The van der Waals surface area contributed by atoms with Gasteiger partial charge in [0.15, 0.2) is 11.0 Å². The lowest BCUT2D eigenvalue weighted by atomic mass is 9.98. The van der Waals surface area contributed by atoms with Crippen molar-refractivity contribution in [3.63, 3.8) is 0 Å². The Bertz CT molecular complexity index is 979. The minimum absolute atomic E-state index is 0.0606. The zero-order valence-corrected chi connectivity index (χ0v) is 17.7. The molecule has 3 heterocycles. The van der Waals surface area contributed by atoms with Gasteiger partial charge in [0, 0.05) is 29.8 Å². The monoisotopic (exact) mass is 441 g/mol. The van der Waals surface area contributed by atoms with Crippen molar-refractivity contribution < 1.29 is 17.7 Å². The van der Waals surface area contributed by atoms with Gasteiger partial charge >= 0.3 is 0 Å². The summed E-state index contributed by atoms with van der Waals surface area (Å²) in [5, 5.41) is 2.63. The number of thiazole rings is 1. The molecule has 3 rings (SSSR count). The molecule has 0 aliphatic carbocycles. The molecule has 2 N–H and O–H groups in total. The molecule has 0 fully saturated rings. The summed E-state index contributed by atoms with van der Waals surface area (Å²) in [4.78, 5) is 16.3. The third-order valence-electron chi connectivity index (χ3n) is 4.35. The third-order valence-corrected chi connectivity index (χ3v) is 6.19. The summed E-state index contributed by atoms with van der Waals surface area (Å²) in [6.07, 6.45) is 0.951. The minimum atomic E-state index is -2.55. The predicted octanol–water partition coefficient (Wildman–Crippen LogP) is 4.39. The van der Waals surface area contributed by atoms with Crippen LogP contribution < -0.4 is 9.46 Å². The maximum atomic E-state index is 13.1. The van der Waals surface area contributed by atoms with Crippen molar-refractivity contribution in [2.75, 3.05) is 11.8 Å². The van der Waals surface area contributed by atoms with E-state index in [9.17, 15) is 13.0 Å². The van der Waals surface area contributed by atoms with E-state index in [4.69, 9.17) is 4.74 Å². The van der Waals surface area contributed by atoms with Crippen LogP contribution in [0.3, 0.4) is 0 Å². The molecule has 156 valence electrons. The van der Waals surface area contributed by atoms with Crippen molar-refractivity contribution in [3.05, 3.63) is 35.1 Å². The smallest absolute Gasteiger partial charge is 0.242 e. The van der Waals surface area contributed by atoms with Crippen LogP contribution in [0.15, 0.2) is 28.7 Å². The zero-order valence-electron chi connectivity index (χ0n) is 16.1. The largest absolute Gasteiger partial charge is 0.481 e. The fourth-order valence-electron chi connectivity index (χ4n) is 2.74. The number of alkyl halides is 2. The van der Waals surface area contributed by atoms with Crippen LogP contribution in [0.2, 0.25) is 0 Å². The van der Waals surface area contributed by atoms with E-state index in [1.54, 1.807) is 18.5 Å². The van der Waals surface area contributed by atoms with Crippen LogP contribution in [-0.4, -0.2) is 37.7 Å². The van der Waals surface area contributed by atoms with Gasteiger partial charge in [0.25, 0.3) is 0 Å². The normalized spacial score (nSPS) is 13.4. The lowest BCUT2D eigenvalue weighted by molar-refractivity contribution is 0.147. The summed E-state index contributed by atoms with van der Waals surface area (Å²) in [6, 6.07) is 1.72. The summed E-state index contributed by atoms with van der Waals surface area (Å²) >= 11 is 1.46. The van der Waals surface area contributed by atoms with Crippen molar-refractivity contribution in [3.8, 4) is 16.6 Å². The van der Waals surface area contributed by atoms with Gasteiger partial charge in [0.05, 0.1) is 23.4 Å². The second-order valence-corrected chi connectivity index (χ2v) is 8.39. The van der Waals surface area contributed by atoms with Gasteiger partial charge in [0.1, 0.15) is 5.01 Å². The first-order valence-corrected chi connectivity index (χ1v) is 11.0. The molecule has 0 amide bonds. The Hall–Kier alpha value is -2.40. The summed E-state index contributed by atoms with van der Waals surface area (Å²) in [7, 11) is -0.293. The highest BCUT2D eigenvalue weighted by Crippen LogP contribution is 2.30. The maximum Gasteiger partial charge on any atom is 0.242 e. The minimum Gasteiger partial charge on any atom is -0.481 e. The number of nitrogens with zero attached hydrogens (tertiary/aromatic N) is 3. The molecule has 2 unspecified atom stereocenters. The lowest BCUT2D eigenvalue weighted by Gasteiger charge is -2.18. The number of ether oxygens (including phenoxy) is 1. The summed E-state index contributed by atoms with van der Waals surface area (Å²) < 4.78 is 46.8. The average Bonchev–Trinajstić information content (AvgIpc) is 3.39. The SMILES string of the molecule is CCC(C)c1nc(NS(=O)c2c[nH]c(-c3nccs3)c2)nc(OC)c1CC(F)F. The Morgan fingerprint density at radius 1 is 1.38 bits per heavy atom. The van der Waals surface area contributed by atoms with Gasteiger partial charge in [0.2, 0.25) is 18.3 Å². The van der Waals surface area contributed by atoms with Crippen LogP contribution in [0.25, 0.3) is 10.7 Å². The lowest BCUT2D eigenvalue weighted by Crippen LogP contribution is -2.14. The highest BCUT2D eigenvalue weighted by molar-refractivity contribution is 7.86. The number of H-pyrrole nitrogens is 1. The highest BCUT2D eigenvalue weighted by Gasteiger charge is 2.23. The number of methoxy groups -OCH3 is 1. The van der Waals surface area contributed by atoms with Crippen molar-refractivity contribution >= 4 is 28.3 Å². The Labute approximate surface area is 173 Å². The molecule has 3 aromatic heterocycles. The Morgan fingerprint density at radius 3 is 2.79 bits per heavy atom. The van der Waals surface area contributed by atoms with Crippen LogP contribution in [0.4, 0.5) is 14.7 Å². The first kappa shape index (κ1) is 21.3. The second kappa shape index (κ2) is 9.40. The number of anilines is 1. The molecule has 0 bridgehead atoms. The average molecular weight is 442 g/mol. The number of aromatic amines is 1. The molecule has 0 aromatic carbocycles. The molecule has 3 aromatic rings. The fourth-order valence-corrected chi connectivity index (χ4v) is 4.13. The Kier molecular flexibility index (Phi) is 6.91. The number of hydrogen-bond acceptors (Lipinski definition) is 6. The molecular formula is C18H21F2N5O2S2. The number of rotatable bonds is 9. The standard InChI is InChI=1S/C18H21F2N5O2S2/c1-4-10(2)15-12(8-14(19)20)16(27-3)24-18(23-15)25-29(26)11-7-13(22-9-11)17-21-5-6-28-17/h5-7,9-10,14,22H,4,8H2,1-3H3,(H,23,24,25). The Morgan fingerprint density at radius 2 is 2.17 bits per heavy atom. The molecule has 29 heavy (non-hydrogen) atoms. The summed E-state index contributed by atoms with van der Waals surface area (Å²) in [5.74, 6) is 0.0385.